The van der Waals surface area contributed by atoms with Crippen molar-refractivity contribution in [2.45, 2.75) is 18.8 Å². The third kappa shape index (κ3) is 2.14. The summed E-state index contributed by atoms with van der Waals surface area (Å²) in [6, 6.07) is 4.57. The monoisotopic (exact) mass is 286 g/mol. The highest BCUT2D eigenvalue weighted by Gasteiger charge is 2.29. The van der Waals surface area contributed by atoms with Crippen molar-refractivity contribution < 1.29 is 18.7 Å². The summed E-state index contributed by atoms with van der Waals surface area (Å²) in [6.45, 7) is 0. The van der Waals surface area contributed by atoms with Gasteiger partial charge in [0.25, 0.3) is 0 Å². The lowest BCUT2D eigenvalue weighted by molar-refractivity contribution is -0.163. The maximum Gasteiger partial charge on any atom is 0.314 e. The fourth-order valence-electron chi connectivity index (χ4n) is 1.74. The second-order valence-corrected chi connectivity index (χ2v) is 4.39. The van der Waals surface area contributed by atoms with Crippen molar-refractivity contribution in [3.63, 3.8) is 0 Å². The summed E-state index contributed by atoms with van der Waals surface area (Å²) in [7, 11) is 0. The molecular formula is C11H8BrFO3. The van der Waals surface area contributed by atoms with Crippen LogP contribution in [-0.2, 0) is 14.3 Å². The van der Waals surface area contributed by atoms with Gasteiger partial charge in [-0.2, -0.15) is 0 Å². The van der Waals surface area contributed by atoms with E-state index in [1.807, 2.05) is 0 Å². The molecule has 0 saturated carbocycles. The lowest BCUT2D eigenvalue weighted by atomic mass is 9.91. The average molecular weight is 287 g/mol. The topological polar surface area (TPSA) is 43.4 Å². The van der Waals surface area contributed by atoms with Crippen LogP contribution in [0, 0.1) is 5.82 Å². The molecule has 1 aliphatic heterocycles. The number of rotatable bonds is 1. The summed E-state index contributed by atoms with van der Waals surface area (Å²) in [5.74, 6) is -1.82. The smallest absolute Gasteiger partial charge is 0.314 e. The Balaban J connectivity index is 2.33. The average Bonchev–Trinajstić information content (AvgIpc) is 2.20. The fraction of sp³-hybridized carbons (Fsp3) is 0.273. The molecule has 1 saturated heterocycles. The van der Waals surface area contributed by atoms with Crippen LogP contribution in [0.3, 0.4) is 0 Å². The van der Waals surface area contributed by atoms with Gasteiger partial charge in [-0.15, -0.1) is 0 Å². The molecule has 84 valence electrons. The summed E-state index contributed by atoms with van der Waals surface area (Å²) >= 11 is 3.12. The molecule has 0 radical (unpaired) electrons. The van der Waals surface area contributed by atoms with Gasteiger partial charge >= 0.3 is 11.9 Å². The number of carbonyl (C=O) groups excluding carboxylic acids is 2. The van der Waals surface area contributed by atoms with E-state index in [1.165, 1.54) is 6.07 Å². The van der Waals surface area contributed by atoms with Crippen LogP contribution >= 0.6 is 15.9 Å². The van der Waals surface area contributed by atoms with Crippen molar-refractivity contribution in [1.82, 2.24) is 0 Å². The maximum atomic E-state index is 13.3. The molecule has 1 heterocycles. The van der Waals surface area contributed by atoms with E-state index in [0.29, 0.717) is 10.0 Å². The zero-order chi connectivity index (χ0) is 11.7. The van der Waals surface area contributed by atoms with Crippen LogP contribution in [0.2, 0.25) is 0 Å². The van der Waals surface area contributed by atoms with E-state index in [1.54, 1.807) is 12.1 Å². The molecule has 0 amide bonds. The molecule has 0 spiro atoms. The standard InChI is InChI=1S/C11H8BrFO3/c12-11-7(2-1-3-8(11)13)6-4-9(14)16-10(15)5-6/h1-3,6H,4-5H2. The van der Waals surface area contributed by atoms with E-state index in [-0.39, 0.29) is 18.8 Å². The molecule has 0 atom stereocenters. The molecule has 0 N–H and O–H groups in total. The second kappa shape index (κ2) is 4.33. The van der Waals surface area contributed by atoms with Crippen molar-refractivity contribution in [3.8, 4) is 0 Å². The number of cyclic esters (lactones) is 2. The second-order valence-electron chi connectivity index (χ2n) is 3.59. The number of ether oxygens (including phenoxy) is 1. The Morgan fingerprint density at radius 1 is 1.25 bits per heavy atom. The van der Waals surface area contributed by atoms with Crippen LogP contribution < -0.4 is 0 Å². The van der Waals surface area contributed by atoms with Crippen molar-refractivity contribution in [2.75, 3.05) is 0 Å². The zero-order valence-electron chi connectivity index (χ0n) is 8.20. The Kier molecular flexibility index (Phi) is 3.05. The lowest BCUT2D eigenvalue weighted by Crippen LogP contribution is -2.24. The Morgan fingerprint density at radius 2 is 1.88 bits per heavy atom. The summed E-state index contributed by atoms with van der Waals surface area (Å²) in [6.07, 6.45) is 0.210. The highest BCUT2D eigenvalue weighted by atomic mass is 79.9. The van der Waals surface area contributed by atoms with E-state index in [0.717, 1.165) is 0 Å². The number of halogens is 2. The van der Waals surface area contributed by atoms with Gasteiger partial charge in [0, 0.05) is 5.92 Å². The fourth-order valence-corrected chi connectivity index (χ4v) is 2.33. The van der Waals surface area contributed by atoms with Crippen LogP contribution in [0.5, 0.6) is 0 Å². The van der Waals surface area contributed by atoms with Crippen LogP contribution in [0.25, 0.3) is 0 Å². The minimum absolute atomic E-state index is 0.105. The summed E-state index contributed by atoms with van der Waals surface area (Å²) < 4.78 is 18.0. The molecule has 1 aliphatic rings. The van der Waals surface area contributed by atoms with Gasteiger partial charge in [-0.1, -0.05) is 12.1 Å². The first-order valence-electron chi connectivity index (χ1n) is 4.75. The molecule has 0 aromatic heterocycles. The van der Waals surface area contributed by atoms with Gasteiger partial charge in [-0.25, -0.2) is 4.39 Å². The van der Waals surface area contributed by atoms with Crippen LogP contribution in [-0.4, -0.2) is 11.9 Å². The molecule has 16 heavy (non-hydrogen) atoms. The predicted molar refractivity (Wildman–Crippen MR) is 57.2 cm³/mol. The van der Waals surface area contributed by atoms with Crippen molar-refractivity contribution >= 4 is 27.9 Å². The molecule has 1 aromatic rings. The first-order valence-corrected chi connectivity index (χ1v) is 5.54. The highest BCUT2D eigenvalue weighted by Crippen LogP contribution is 2.34. The molecule has 2 rings (SSSR count). The third-order valence-corrected chi connectivity index (χ3v) is 3.31. The maximum absolute atomic E-state index is 13.3. The molecule has 3 nitrogen and oxygen atoms in total. The molecule has 0 unspecified atom stereocenters. The van der Waals surface area contributed by atoms with Crippen molar-refractivity contribution in [2.24, 2.45) is 0 Å². The normalized spacial score (nSPS) is 17.4. The van der Waals surface area contributed by atoms with Gasteiger partial charge in [0.1, 0.15) is 5.82 Å². The minimum Gasteiger partial charge on any atom is -0.393 e. The lowest BCUT2D eigenvalue weighted by Gasteiger charge is -2.21. The largest absolute Gasteiger partial charge is 0.393 e. The van der Waals surface area contributed by atoms with Crippen molar-refractivity contribution in [3.05, 3.63) is 34.1 Å². The van der Waals surface area contributed by atoms with E-state index in [2.05, 4.69) is 20.7 Å². The number of hydrogen-bond donors (Lipinski definition) is 0. The predicted octanol–water partition coefficient (Wildman–Crippen LogP) is 2.54. The Hall–Kier alpha value is -1.23. The van der Waals surface area contributed by atoms with Gasteiger partial charge in [-0.05, 0) is 27.6 Å². The van der Waals surface area contributed by atoms with E-state index >= 15 is 0 Å². The number of carbonyl (C=O) groups is 2. The summed E-state index contributed by atoms with van der Waals surface area (Å²) in [4.78, 5) is 22.2. The number of esters is 2. The highest BCUT2D eigenvalue weighted by molar-refractivity contribution is 9.10. The summed E-state index contributed by atoms with van der Waals surface area (Å²) in [5.41, 5.74) is 0.630. The SMILES string of the molecule is O=C1CC(c2cccc(F)c2Br)CC(=O)O1. The first kappa shape index (κ1) is 11.3. The van der Waals surface area contributed by atoms with E-state index < -0.39 is 17.8 Å². The van der Waals surface area contributed by atoms with Crippen LogP contribution in [0.15, 0.2) is 22.7 Å². The van der Waals surface area contributed by atoms with Gasteiger partial charge in [0.2, 0.25) is 0 Å². The molecule has 0 bridgehead atoms. The molecule has 1 aromatic carbocycles. The van der Waals surface area contributed by atoms with Gasteiger partial charge in [-0.3, -0.25) is 9.59 Å². The quantitative estimate of drug-likeness (QED) is 0.589. The van der Waals surface area contributed by atoms with Gasteiger partial charge in [0.15, 0.2) is 0 Å². The molecular weight excluding hydrogens is 279 g/mol. The molecule has 5 heteroatoms. The minimum atomic E-state index is -0.558. The van der Waals surface area contributed by atoms with E-state index in [4.69, 9.17) is 0 Å². The van der Waals surface area contributed by atoms with Crippen LogP contribution in [0.1, 0.15) is 24.3 Å². The summed E-state index contributed by atoms with van der Waals surface area (Å²) in [5, 5.41) is 0. The van der Waals surface area contributed by atoms with E-state index in [9.17, 15) is 14.0 Å². The first-order chi connectivity index (χ1) is 7.58. The molecule has 0 aliphatic carbocycles. The van der Waals surface area contributed by atoms with Crippen molar-refractivity contribution in [1.29, 1.82) is 0 Å². The molecule has 1 fully saturated rings. The third-order valence-electron chi connectivity index (χ3n) is 2.48. The van der Waals surface area contributed by atoms with Crippen LogP contribution in [0.4, 0.5) is 4.39 Å². The Morgan fingerprint density at radius 3 is 2.50 bits per heavy atom. The van der Waals surface area contributed by atoms with Gasteiger partial charge in [0.05, 0.1) is 17.3 Å². The number of hydrogen-bond acceptors (Lipinski definition) is 3. The number of benzene rings is 1. The Labute approximate surface area is 99.7 Å². The zero-order valence-corrected chi connectivity index (χ0v) is 9.79. The van der Waals surface area contributed by atoms with Gasteiger partial charge < -0.3 is 4.74 Å². The Bertz CT molecular complexity index is 443.